The number of nitrogens with zero attached hydrogens (tertiary/aromatic N) is 1. The Balaban J connectivity index is 2.25. The van der Waals surface area contributed by atoms with Crippen LogP contribution in [0.15, 0.2) is 18.2 Å². The molecule has 0 amide bonds. The maximum atomic E-state index is 13.6. The monoisotopic (exact) mass is 294 g/mol. The Morgan fingerprint density at radius 2 is 2.05 bits per heavy atom. The highest BCUT2D eigenvalue weighted by Gasteiger charge is 2.25. The first-order valence-corrected chi connectivity index (χ1v) is 7.68. The molecule has 1 fully saturated rings. The van der Waals surface area contributed by atoms with Gasteiger partial charge >= 0.3 is 0 Å². The van der Waals surface area contributed by atoms with Crippen LogP contribution in [0.4, 0.5) is 10.1 Å². The van der Waals surface area contributed by atoms with Crippen LogP contribution in [0.1, 0.15) is 40.2 Å². The molecule has 3 nitrogen and oxygen atoms in total. The normalized spacial score (nSPS) is 23.4. The largest absolute Gasteiger partial charge is 0.375 e. The summed E-state index contributed by atoms with van der Waals surface area (Å²) in [6, 6.07) is 5.38. The van der Waals surface area contributed by atoms with E-state index in [0.717, 1.165) is 17.8 Å². The first kappa shape index (κ1) is 16.2. The zero-order chi connectivity index (χ0) is 15.6. The van der Waals surface area contributed by atoms with Gasteiger partial charge in [-0.25, -0.2) is 4.39 Å². The van der Waals surface area contributed by atoms with Crippen molar-refractivity contribution in [3.05, 3.63) is 29.6 Å². The van der Waals surface area contributed by atoms with Crippen LogP contribution in [-0.4, -0.2) is 30.8 Å². The van der Waals surface area contributed by atoms with Crippen molar-refractivity contribution in [3.8, 4) is 0 Å². The molecular formula is C17H27FN2O. The van der Waals surface area contributed by atoms with Gasteiger partial charge in [0.05, 0.1) is 12.7 Å². The molecule has 0 bridgehead atoms. The zero-order valence-corrected chi connectivity index (χ0v) is 13.7. The molecule has 21 heavy (non-hydrogen) atoms. The van der Waals surface area contributed by atoms with Gasteiger partial charge in [0.15, 0.2) is 0 Å². The Hall–Kier alpha value is -1.13. The summed E-state index contributed by atoms with van der Waals surface area (Å²) in [5.41, 5.74) is 2.12. The summed E-state index contributed by atoms with van der Waals surface area (Å²) >= 11 is 0. The van der Waals surface area contributed by atoms with Crippen LogP contribution in [0.2, 0.25) is 0 Å². The van der Waals surface area contributed by atoms with E-state index in [4.69, 9.17) is 4.74 Å². The van der Waals surface area contributed by atoms with Gasteiger partial charge in [0.1, 0.15) is 5.82 Å². The lowest BCUT2D eigenvalue weighted by Gasteiger charge is -2.39. The number of ether oxygens (including phenoxy) is 1. The lowest BCUT2D eigenvalue weighted by atomic mass is 10.1. The smallest absolute Gasteiger partial charge is 0.123 e. The summed E-state index contributed by atoms with van der Waals surface area (Å²) in [7, 11) is 0. The van der Waals surface area contributed by atoms with E-state index >= 15 is 0 Å². The van der Waals surface area contributed by atoms with E-state index in [-0.39, 0.29) is 17.5 Å². The average Bonchev–Trinajstić information content (AvgIpc) is 2.39. The molecule has 1 aliphatic rings. The number of hydrogen-bond acceptors (Lipinski definition) is 3. The van der Waals surface area contributed by atoms with Gasteiger partial charge in [-0.05, 0) is 58.4 Å². The standard InChI is InChI=1S/C17H27FN2O/c1-12-11-21-13(2)10-20(12)16-7-6-15(18)8-14(16)9-19-17(3,4)5/h6-8,12-13,19H,9-11H2,1-5H3. The quantitative estimate of drug-likeness (QED) is 0.925. The number of anilines is 1. The van der Waals surface area contributed by atoms with Crippen molar-refractivity contribution >= 4 is 5.69 Å². The fourth-order valence-corrected chi connectivity index (χ4v) is 2.58. The zero-order valence-electron chi connectivity index (χ0n) is 13.7. The number of rotatable bonds is 3. The Kier molecular flexibility index (Phi) is 4.89. The maximum Gasteiger partial charge on any atom is 0.123 e. The molecule has 0 aliphatic carbocycles. The highest BCUT2D eigenvalue weighted by atomic mass is 19.1. The number of benzene rings is 1. The molecule has 2 atom stereocenters. The molecule has 2 rings (SSSR count). The molecule has 0 aromatic heterocycles. The lowest BCUT2D eigenvalue weighted by Crippen LogP contribution is -2.48. The molecule has 0 spiro atoms. The van der Waals surface area contributed by atoms with Crippen molar-refractivity contribution in [1.82, 2.24) is 5.32 Å². The maximum absolute atomic E-state index is 13.6. The molecule has 0 radical (unpaired) electrons. The van der Waals surface area contributed by atoms with Crippen LogP contribution < -0.4 is 10.2 Å². The molecule has 118 valence electrons. The topological polar surface area (TPSA) is 24.5 Å². The molecule has 1 aliphatic heterocycles. The molecule has 1 aromatic rings. The Morgan fingerprint density at radius 3 is 2.71 bits per heavy atom. The number of nitrogens with one attached hydrogen (secondary N) is 1. The van der Waals surface area contributed by atoms with E-state index in [1.54, 1.807) is 12.1 Å². The van der Waals surface area contributed by atoms with Gasteiger partial charge in [0.2, 0.25) is 0 Å². The molecule has 1 aromatic carbocycles. The van der Waals surface area contributed by atoms with E-state index < -0.39 is 0 Å². The van der Waals surface area contributed by atoms with Crippen LogP contribution in [0.3, 0.4) is 0 Å². The van der Waals surface area contributed by atoms with Crippen molar-refractivity contribution < 1.29 is 9.13 Å². The predicted molar refractivity (Wildman–Crippen MR) is 85.2 cm³/mol. The SMILES string of the molecule is CC1CN(c2ccc(F)cc2CNC(C)(C)C)C(C)CO1. The van der Waals surface area contributed by atoms with E-state index in [2.05, 4.69) is 44.8 Å². The highest BCUT2D eigenvalue weighted by molar-refractivity contribution is 5.55. The predicted octanol–water partition coefficient (Wildman–Crippen LogP) is 3.33. The third kappa shape index (κ3) is 4.42. The van der Waals surface area contributed by atoms with E-state index in [1.165, 1.54) is 0 Å². The van der Waals surface area contributed by atoms with Crippen molar-refractivity contribution in [1.29, 1.82) is 0 Å². The van der Waals surface area contributed by atoms with Crippen molar-refractivity contribution in [3.63, 3.8) is 0 Å². The number of hydrogen-bond donors (Lipinski definition) is 1. The second-order valence-electron chi connectivity index (χ2n) is 7.02. The van der Waals surface area contributed by atoms with Gasteiger partial charge in [-0.3, -0.25) is 0 Å². The third-order valence-corrected chi connectivity index (χ3v) is 3.77. The average molecular weight is 294 g/mol. The van der Waals surface area contributed by atoms with Gasteiger partial charge < -0.3 is 15.0 Å². The van der Waals surface area contributed by atoms with Gasteiger partial charge in [-0.1, -0.05) is 0 Å². The van der Waals surface area contributed by atoms with E-state index in [9.17, 15) is 4.39 Å². The summed E-state index contributed by atoms with van der Waals surface area (Å²) in [6.45, 7) is 12.8. The second-order valence-corrected chi connectivity index (χ2v) is 7.02. The van der Waals surface area contributed by atoms with E-state index in [0.29, 0.717) is 19.2 Å². The fourth-order valence-electron chi connectivity index (χ4n) is 2.58. The van der Waals surface area contributed by atoms with Gasteiger partial charge in [-0.2, -0.15) is 0 Å². The summed E-state index contributed by atoms with van der Waals surface area (Å²) in [6.07, 6.45) is 0.203. The summed E-state index contributed by atoms with van der Waals surface area (Å²) in [4.78, 5) is 2.33. The lowest BCUT2D eigenvalue weighted by molar-refractivity contribution is 0.0343. The summed E-state index contributed by atoms with van der Waals surface area (Å²) in [5, 5.41) is 3.45. The minimum Gasteiger partial charge on any atom is -0.375 e. The second kappa shape index (κ2) is 6.32. The van der Waals surface area contributed by atoms with Crippen LogP contribution in [-0.2, 0) is 11.3 Å². The van der Waals surface area contributed by atoms with E-state index in [1.807, 2.05) is 6.07 Å². The molecule has 2 unspecified atom stereocenters. The van der Waals surface area contributed by atoms with Gasteiger partial charge in [-0.15, -0.1) is 0 Å². The third-order valence-electron chi connectivity index (χ3n) is 3.77. The number of morpholine rings is 1. The Morgan fingerprint density at radius 1 is 1.33 bits per heavy atom. The number of halogens is 1. The first-order chi connectivity index (χ1) is 9.76. The molecule has 1 heterocycles. The highest BCUT2D eigenvalue weighted by Crippen LogP contribution is 2.27. The van der Waals surface area contributed by atoms with Gasteiger partial charge in [0.25, 0.3) is 0 Å². The minimum absolute atomic E-state index is 0.00745. The van der Waals surface area contributed by atoms with Crippen molar-refractivity contribution in [2.75, 3.05) is 18.1 Å². The Bertz CT molecular complexity index is 484. The fraction of sp³-hybridized carbons (Fsp3) is 0.647. The molecule has 1 N–H and O–H groups in total. The first-order valence-electron chi connectivity index (χ1n) is 7.68. The molecule has 4 heteroatoms. The van der Waals surface area contributed by atoms with Crippen LogP contribution in [0, 0.1) is 5.82 Å². The molecule has 1 saturated heterocycles. The van der Waals surface area contributed by atoms with Crippen LogP contribution in [0.25, 0.3) is 0 Å². The van der Waals surface area contributed by atoms with Gasteiger partial charge in [0, 0.05) is 30.4 Å². The van der Waals surface area contributed by atoms with Crippen molar-refractivity contribution in [2.24, 2.45) is 0 Å². The van der Waals surface area contributed by atoms with Crippen molar-refractivity contribution in [2.45, 2.75) is 58.8 Å². The molecular weight excluding hydrogens is 267 g/mol. The summed E-state index contributed by atoms with van der Waals surface area (Å²) in [5.74, 6) is -0.182. The summed E-state index contributed by atoms with van der Waals surface area (Å²) < 4.78 is 19.3. The van der Waals surface area contributed by atoms with Crippen LogP contribution in [0.5, 0.6) is 0 Å². The van der Waals surface area contributed by atoms with Crippen LogP contribution >= 0.6 is 0 Å². The minimum atomic E-state index is -0.182. The Labute approximate surface area is 127 Å². The molecule has 0 saturated carbocycles.